The largest absolute Gasteiger partial charge is 0.493 e. The van der Waals surface area contributed by atoms with E-state index in [4.69, 9.17) is 9.47 Å². The topological polar surface area (TPSA) is 102 Å². The van der Waals surface area contributed by atoms with Gasteiger partial charge in [-0.15, -0.1) is 0 Å². The molecule has 5 rings (SSSR count). The van der Waals surface area contributed by atoms with E-state index in [1.807, 2.05) is 25.1 Å². The molecular weight excluding hydrogens is 538 g/mol. The Balaban J connectivity index is 1.35. The van der Waals surface area contributed by atoms with Crippen molar-refractivity contribution < 1.29 is 27.8 Å². The second-order valence-electron chi connectivity index (χ2n) is 12.1. The van der Waals surface area contributed by atoms with Gasteiger partial charge in [0.1, 0.15) is 17.6 Å². The number of hydrogen-bond donors (Lipinski definition) is 2. The first-order chi connectivity index (χ1) is 19.3. The normalized spacial score (nSPS) is 19.9. The molecule has 0 aromatic heterocycles. The maximum Gasteiger partial charge on any atom is 0.235 e. The van der Waals surface area contributed by atoms with Crippen molar-refractivity contribution in [3.63, 3.8) is 0 Å². The van der Waals surface area contributed by atoms with Crippen LogP contribution in [0, 0.1) is 20.8 Å². The van der Waals surface area contributed by atoms with E-state index in [0.29, 0.717) is 13.0 Å². The Morgan fingerprint density at radius 1 is 0.976 bits per heavy atom. The highest BCUT2D eigenvalue weighted by atomic mass is 32.2. The fourth-order valence-electron chi connectivity index (χ4n) is 6.17. The minimum atomic E-state index is -3.60. The van der Waals surface area contributed by atoms with Crippen molar-refractivity contribution in [1.82, 2.24) is 4.72 Å². The third kappa shape index (κ3) is 6.60. The molecular formula is C33H39NO6S. The molecule has 7 nitrogen and oxygen atoms in total. The van der Waals surface area contributed by atoms with E-state index in [2.05, 4.69) is 48.9 Å². The van der Waals surface area contributed by atoms with Gasteiger partial charge in [0.25, 0.3) is 0 Å². The zero-order valence-electron chi connectivity index (χ0n) is 24.4. The first kappa shape index (κ1) is 29.1. The lowest BCUT2D eigenvalue weighted by Gasteiger charge is -2.24. The van der Waals surface area contributed by atoms with Crippen molar-refractivity contribution in [2.24, 2.45) is 0 Å². The van der Waals surface area contributed by atoms with Crippen LogP contribution < -0.4 is 14.2 Å². The lowest BCUT2D eigenvalue weighted by atomic mass is 9.90. The molecule has 0 bridgehead atoms. The SMILES string of the molecule is Cc1cc(O[C@@H]2CCc3c(-c4c(C)cc(OCCC(C)(C)O)cc4C)cccc32)ccc1C1CC(=O)NS(=O)(=O)C1. The summed E-state index contributed by atoms with van der Waals surface area (Å²) in [5.41, 5.74) is 8.22. The number of nitrogens with one attached hydrogen (secondary N) is 1. The van der Waals surface area contributed by atoms with Crippen LogP contribution in [0.5, 0.6) is 11.5 Å². The number of amides is 1. The highest BCUT2D eigenvalue weighted by Gasteiger charge is 2.32. The maximum atomic E-state index is 12.1. The van der Waals surface area contributed by atoms with Crippen LogP contribution in [-0.2, 0) is 21.2 Å². The van der Waals surface area contributed by atoms with E-state index < -0.39 is 21.5 Å². The zero-order chi connectivity index (χ0) is 29.5. The van der Waals surface area contributed by atoms with Gasteiger partial charge in [-0.1, -0.05) is 24.3 Å². The van der Waals surface area contributed by atoms with Crippen molar-refractivity contribution in [3.05, 3.63) is 81.9 Å². The highest BCUT2D eigenvalue weighted by Crippen LogP contribution is 2.43. The number of sulfonamides is 1. The molecule has 8 heteroatoms. The van der Waals surface area contributed by atoms with E-state index >= 15 is 0 Å². The molecule has 1 aliphatic carbocycles. The lowest BCUT2D eigenvalue weighted by molar-refractivity contribution is -0.119. The van der Waals surface area contributed by atoms with E-state index in [9.17, 15) is 18.3 Å². The van der Waals surface area contributed by atoms with Gasteiger partial charge in [0, 0.05) is 18.8 Å². The first-order valence-corrected chi connectivity index (χ1v) is 15.8. The van der Waals surface area contributed by atoms with Crippen LogP contribution in [0.1, 0.15) is 78.5 Å². The molecule has 1 amide bonds. The van der Waals surface area contributed by atoms with E-state index in [-0.39, 0.29) is 24.2 Å². The van der Waals surface area contributed by atoms with E-state index in [1.54, 1.807) is 13.8 Å². The molecule has 2 aliphatic rings. The molecule has 41 heavy (non-hydrogen) atoms. The number of hydrogen-bond acceptors (Lipinski definition) is 6. The summed E-state index contributed by atoms with van der Waals surface area (Å²) in [5.74, 6) is 0.635. The van der Waals surface area contributed by atoms with Gasteiger partial charge in [0.15, 0.2) is 0 Å². The number of aliphatic hydroxyl groups is 1. The molecule has 0 spiro atoms. The molecule has 1 fully saturated rings. The van der Waals surface area contributed by atoms with Gasteiger partial charge in [-0.3, -0.25) is 9.52 Å². The number of ether oxygens (including phenoxy) is 2. The summed E-state index contributed by atoms with van der Waals surface area (Å²) in [4.78, 5) is 11.9. The predicted octanol–water partition coefficient (Wildman–Crippen LogP) is 5.82. The van der Waals surface area contributed by atoms with Crippen molar-refractivity contribution in [2.45, 2.75) is 77.9 Å². The van der Waals surface area contributed by atoms with Gasteiger partial charge < -0.3 is 14.6 Å². The molecule has 3 aromatic rings. The van der Waals surface area contributed by atoms with Gasteiger partial charge in [-0.2, -0.15) is 0 Å². The average molecular weight is 578 g/mol. The summed E-state index contributed by atoms with van der Waals surface area (Å²) in [6.07, 6.45) is 2.41. The first-order valence-electron chi connectivity index (χ1n) is 14.2. The molecule has 0 saturated carbocycles. The van der Waals surface area contributed by atoms with E-state index in [0.717, 1.165) is 46.6 Å². The van der Waals surface area contributed by atoms with Crippen LogP contribution >= 0.6 is 0 Å². The molecule has 0 radical (unpaired) electrons. The molecule has 218 valence electrons. The standard InChI is InChI=1S/C33H39NO6S/c1-20-15-24(9-10-26(20)23-18-31(35)34-41(37,38)19-23)40-30-12-11-27-28(30)7-6-8-29(27)32-21(2)16-25(17-22(32)3)39-14-13-33(4,5)36/h6-10,15-17,23,30,36H,11-14,18-19H2,1-5H3,(H,34,35)/t23?,30-/m1/s1. The van der Waals surface area contributed by atoms with Crippen LogP contribution in [-0.4, -0.2) is 37.4 Å². The Morgan fingerprint density at radius 2 is 1.68 bits per heavy atom. The fourth-order valence-corrected chi connectivity index (χ4v) is 7.51. The maximum absolute atomic E-state index is 12.1. The quantitative estimate of drug-likeness (QED) is 0.350. The number of benzene rings is 3. The van der Waals surface area contributed by atoms with Gasteiger partial charge in [0.2, 0.25) is 15.9 Å². The summed E-state index contributed by atoms with van der Waals surface area (Å²) in [7, 11) is -3.60. The van der Waals surface area contributed by atoms with Crippen LogP contribution in [0.15, 0.2) is 48.5 Å². The summed E-state index contributed by atoms with van der Waals surface area (Å²) >= 11 is 0. The average Bonchev–Trinajstić information content (AvgIpc) is 3.25. The Labute approximate surface area is 243 Å². The molecule has 1 aliphatic heterocycles. The number of rotatable bonds is 8. The summed E-state index contributed by atoms with van der Waals surface area (Å²) in [6, 6.07) is 16.3. The molecule has 3 aromatic carbocycles. The van der Waals surface area contributed by atoms with Crippen LogP contribution in [0.25, 0.3) is 11.1 Å². The number of fused-ring (bicyclic) bond motifs is 1. The predicted molar refractivity (Wildman–Crippen MR) is 160 cm³/mol. The molecule has 2 N–H and O–H groups in total. The third-order valence-electron chi connectivity index (χ3n) is 8.05. The Morgan fingerprint density at radius 3 is 2.34 bits per heavy atom. The summed E-state index contributed by atoms with van der Waals surface area (Å²) in [6.45, 7) is 10.2. The summed E-state index contributed by atoms with van der Waals surface area (Å²) < 4.78 is 38.6. The van der Waals surface area contributed by atoms with Gasteiger partial charge in [-0.05, 0) is 116 Å². The Kier molecular flexibility index (Phi) is 7.92. The second-order valence-corrected chi connectivity index (χ2v) is 13.9. The minimum Gasteiger partial charge on any atom is -0.493 e. The highest BCUT2D eigenvalue weighted by molar-refractivity contribution is 7.90. The fraction of sp³-hybridized carbons (Fsp3) is 0.424. The lowest BCUT2D eigenvalue weighted by Crippen LogP contribution is -2.41. The summed E-state index contributed by atoms with van der Waals surface area (Å²) in [5, 5.41) is 9.98. The smallest absolute Gasteiger partial charge is 0.235 e. The van der Waals surface area contributed by atoms with Crippen LogP contribution in [0.4, 0.5) is 0 Å². The molecule has 1 saturated heterocycles. The molecule has 1 heterocycles. The van der Waals surface area contributed by atoms with Gasteiger partial charge in [0.05, 0.1) is 18.0 Å². The zero-order valence-corrected chi connectivity index (χ0v) is 25.2. The number of carbonyl (C=O) groups excluding carboxylic acids is 1. The Bertz CT molecular complexity index is 1560. The number of carbonyl (C=O) groups is 1. The van der Waals surface area contributed by atoms with E-state index in [1.165, 1.54) is 22.3 Å². The minimum absolute atomic E-state index is 0.0823. The molecule has 1 unspecified atom stereocenters. The van der Waals surface area contributed by atoms with Gasteiger partial charge >= 0.3 is 0 Å². The van der Waals surface area contributed by atoms with Crippen molar-refractivity contribution in [3.8, 4) is 22.6 Å². The van der Waals surface area contributed by atoms with Crippen LogP contribution in [0.3, 0.4) is 0 Å². The second kappa shape index (κ2) is 11.1. The Hall–Kier alpha value is -3.36. The van der Waals surface area contributed by atoms with Crippen LogP contribution in [0.2, 0.25) is 0 Å². The van der Waals surface area contributed by atoms with Crippen molar-refractivity contribution in [1.29, 1.82) is 0 Å². The molecule has 2 atom stereocenters. The monoisotopic (exact) mass is 577 g/mol. The van der Waals surface area contributed by atoms with Gasteiger partial charge in [-0.25, -0.2) is 8.42 Å². The van der Waals surface area contributed by atoms with Crippen molar-refractivity contribution in [2.75, 3.05) is 12.4 Å². The number of aryl methyl sites for hydroxylation is 3. The van der Waals surface area contributed by atoms with Crippen molar-refractivity contribution >= 4 is 15.9 Å². The third-order valence-corrected chi connectivity index (χ3v) is 9.43.